The Morgan fingerprint density at radius 3 is 2.95 bits per heavy atom. The molecular formula is C16H24O3. The molecule has 0 bridgehead atoms. The van der Waals surface area contributed by atoms with E-state index >= 15 is 0 Å². The number of ether oxygens (including phenoxy) is 2. The molecule has 1 N–H and O–H groups in total. The maximum absolute atomic E-state index is 9.06. The minimum absolute atomic E-state index is 0.250. The van der Waals surface area contributed by atoms with Crippen LogP contribution in [-0.2, 0) is 15.9 Å². The average molecular weight is 264 g/mol. The zero-order valence-corrected chi connectivity index (χ0v) is 11.7. The minimum atomic E-state index is 0.250. The molecule has 1 aromatic rings. The quantitative estimate of drug-likeness (QED) is 0.550. The van der Waals surface area contributed by atoms with E-state index < -0.39 is 0 Å². The molecule has 3 heteroatoms. The molecule has 1 heterocycles. The van der Waals surface area contributed by atoms with E-state index in [2.05, 4.69) is 31.2 Å². The standard InChI is InChI=1S/C16H24O3/c1-13(8-9-17)16-7-3-2-5-14(16)6-4-10-18-11-15-12-19-15/h2-3,5,7,13,15,17H,4,6,8-12H2,1H3. The van der Waals surface area contributed by atoms with E-state index in [0.717, 1.165) is 39.1 Å². The van der Waals surface area contributed by atoms with Gasteiger partial charge in [-0.25, -0.2) is 0 Å². The maximum atomic E-state index is 9.06. The Labute approximate surface area is 115 Å². The van der Waals surface area contributed by atoms with Gasteiger partial charge in [0.2, 0.25) is 0 Å². The zero-order valence-electron chi connectivity index (χ0n) is 11.7. The fourth-order valence-electron chi connectivity index (χ4n) is 2.34. The first-order valence-electron chi connectivity index (χ1n) is 7.19. The van der Waals surface area contributed by atoms with Crippen molar-refractivity contribution in [2.24, 2.45) is 0 Å². The van der Waals surface area contributed by atoms with E-state index in [-0.39, 0.29) is 6.61 Å². The minimum Gasteiger partial charge on any atom is -0.396 e. The Bertz CT molecular complexity index is 374. The topological polar surface area (TPSA) is 42.0 Å². The molecule has 0 aromatic heterocycles. The van der Waals surface area contributed by atoms with Gasteiger partial charge in [0, 0.05) is 13.2 Å². The summed E-state index contributed by atoms with van der Waals surface area (Å²) in [5.41, 5.74) is 2.75. The van der Waals surface area contributed by atoms with Crippen LogP contribution in [0.3, 0.4) is 0 Å². The van der Waals surface area contributed by atoms with Gasteiger partial charge in [0.15, 0.2) is 0 Å². The average Bonchev–Trinajstić information content (AvgIpc) is 3.23. The Hall–Kier alpha value is -0.900. The van der Waals surface area contributed by atoms with Gasteiger partial charge in [-0.1, -0.05) is 31.2 Å². The molecule has 1 aliphatic heterocycles. The summed E-state index contributed by atoms with van der Waals surface area (Å²) in [7, 11) is 0. The Balaban J connectivity index is 1.77. The van der Waals surface area contributed by atoms with Crippen LogP contribution >= 0.6 is 0 Å². The molecular weight excluding hydrogens is 240 g/mol. The Morgan fingerprint density at radius 1 is 1.42 bits per heavy atom. The molecule has 0 amide bonds. The second kappa shape index (κ2) is 7.63. The van der Waals surface area contributed by atoms with Crippen LogP contribution in [0.5, 0.6) is 0 Å². The third-order valence-electron chi connectivity index (χ3n) is 3.59. The van der Waals surface area contributed by atoms with Gasteiger partial charge >= 0.3 is 0 Å². The molecule has 0 spiro atoms. The van der Waals surface area contributed by atoms with Crippen LogP contribution in [0, 0.1) is 0 Å². The van der Waals surface area contributed by atoms with E-state index in [1.54, 1.807) is 0 Å². The third kappa shape index (κ3) is 4.94. The highest BCUT2D eigenvalue weighted by atomic mass is 16.6. The summed E-state index contributed by atoms with van der Waals surface area (Å²) >= 11 is 0. The smallest absolute Gasteiger partial charge is 0.104 e. The van der Waals surface area contributed by atoms with Crippen molar-refractivity contribution in [2.75, 3.05) is 26.4 Å². The summed E-state index contributed by atoms with van der Waals surface area (Å²) in [5.74, 6) is 0.419. The molecule has 3 nitrogen and oxygen atoms in total. The Kier molecular flexibility index (Phi) is 5.83. The number of aliphatic hydroxyl groups excluding tert-OH is 1. The summed E-state index contributed by atoms with van der Waals surface area (Å²) in [6.07, 6.45) is 3.26. The summed E-state index contributed by atoms with van der Waals surface area (Å²) < 4.78 is 10.7. The molecule has 0 aliphatic carbocycles. The van der Waals surface area contributed by atoms with Crippen LogP contribution in [0.2, 0.25) is 0 Å². The monoisotopic (exact) mass is 264 g/mol. The van der Waals surface area contributed by atoms with Crippen molar-refractivity contribution >= 4 is 0 Å². The van der Waals surface area contributed by atoms with Crippen molar-refractivity contribution in [1.82, 2.24) is 0 Å². The van der Waals surface area contributed by atoms with E-state index in [1.165, 1.54) is 11.1 Å². The summed E-state index contributed by atoms with van der Waals surface area (Å²) in [5, 5.41) is 9.06. The molecule has 0 radical (unpaired) electrons. The fourth-order valence-corrected chi connectivity index (χ4v) is 2.34. The molecule has 2 atom stereocenters. The molecule has 2 unspecified atom stereocenters. The normalized spacial score (nSPS) is 19.4. The lowest BCUT2D eigenvalue weighted by molar-refractivity contribution is 0.114. The fraction of sp³-hybridized carbons (Fsp3) is 0.625. The van der Waals surface area contributed by atoms with Gasteiger partial charge in [0.25, 0.3) is 0 Å². The predicted molar refractivity (Wildman–Crippen MR) is 75.4 cm³/mol. The van der Waals surface area contributed by atoms with Crippen LogP contribution in [-0.4, -0.2) is 37.6 Å². The first-order chi connectivity index (χ1) is 9.31. The molecule has 2 rings (SSSR count). The molecule has 1 saturated heterocycles. The second-order valence-corrected chi connectivity index (χ2v) is 5.25. The van der Waals surface area contributed by atoms with E-state index in [9.17, 15) is 0 Å². The molecule has 0 saturated carbocycles. The summed E-state index contributed by atoms with van der Waals surface area (Å²) in [6, 6.07) is 8.53. The highest BCUT2D eigenvalue weighted by Crippen LogP contribution is 2.23. The van der Waals surface area contributed by atoms with E-state index in [1.807, 2.05) is 0 Å². The summed E-state index contributed by atoms with van der Waals surface area (Å²) in [6.45, 7) is 4.82. The van der Waals surface area contributed by atoms with Gasteiger partial charge < -0.3 is 14.6 Å². The molecule has 1 aromatic carbocycles. The number of benzene rings is 1. The third-order valence-corrected chi connectivity index (χ3v) is 3.59. The molecule has 1 fully saturated rings. The van der Waals surface area contributed by atoms with Crippen LogP contribution < -0.4 is 0 Å². The lowest BCUT2D eigenvalue weighted by Crippen LogP contribution is -2.05. The first kappa shape index (κ1) is 14.5. The van der Waals surface area contributed by atoms with Crippen molar-refractivity contribution < 1.29 is 14.6 Å². The molecule has 19 heavy (non-hydrogen) atoms. The molecule has 1 aliphatic rings. The SMILES string of the molecule is CC(CCO)c1ccccc1CCCOCC1CO1. The zero-order chi connectivity index (χ0) is 13.5. The maximum Gasteiger partial charge on any atom is 0.104 e. The predicted octanol–water partition coefficient (Wildman–Crippen LogP) is 2.52. The second-order valence-electron chi connectivity index (χ2n) is 5.25. The van der Waals surface area contributed by atoms with Crippen molar-refractivity contribution in [3.05, 3.63) is 35.4 Å². The van der Waals surface area contributed by atoms with Gasteiger partial charge in [0.1, 0.15) is 6.10 Å². The van der Waals surface area contributed by atoms with Crippen LogP contribution in [0.4, 0.5) is 0 Å². The number of aryl methyl sites for hydroxylation is 1. The van der Waals surface area contributed by atoms with Crippen LogP contribution in [0.1, 0.15) is 36.8 Å². The highest BCUT2D eigenvalue weighted by molar-refractivity contribution is 5.30. The van der Waals surface area contributed by atoms with Crippen molar-refractivity contribution in [2.45, 2.75) is 38.2 Å². The highest BCUT2D eigenvalue weighted by Gasteiger charge is 2.21. The van der Waals surface area contributed by atoms with E-state index in [4.69, 9.17) is 14.6 Å². The van der Waals surface area contributed by atoms with Crippen LogP contribution in [0.25, 0.3) is 0 Å². The van der Waals surface area contributed by atoms with Gasteiger partial charge in [-0.2, -0.15) is 0 Å². The number of epoxide rings is 1. The van der Waals surface area contributed by atoms with Gasteiger partial charge in [-0.15, -0.1) is 0 Å². The summed E-state index contributed by atoms with van der Waals surface area (Å²) in [4.78, 5) is 0. The number of hydrogen-bond acceptors (Lipinski definition) is 3. The van der Waals surface area contributed by atoms with Gasteiger partial charge in [-0.05, 0) is 36.3 Å². The van der Waals surface area contributed by atoms with Gasteiger partial charge in [-0.3, -0.25) is 0 Å². The number of hydrogen-bond donors (Lipinski definition) is 1. The van der Waals surface area contributed by atoms with Gasteiger partial charge in [0.05, 0.1) is 13.2 Å². The number of aliphatic hydroxyl groups is 1. The number of rotatable bonds is 9. The molecule has 106 valence electrons. The lowest BCUT2D eigenvalue weighted by atomic mass is 9.91. The van der Waals surface area contributed by atoms with Crippen LogP contribution in [0.15, 0.2) is 24.3 Å². The van der Waals surface area contributed by atoms with Crippen molar-refractivity contribution in [3.63, 3.8) is 0 Å². The van der Waals surface area contributed by atoms with E-state index in [0.29, 0.717) is 12.0 Å². The Morgan fingerprint density at radius 2 is 2.21 bits per heavy atom. The lowest BCUT2D eigenvalue weighted by Gasteiger charge is -2.15. The van der Waals surface area contributed by atoms with Crippen molar-refractivity contribution in [3.8, 4) is 0 Å². The van der Waals surface area contributed by atoms with Crippen molar-refractivity contribution in [1.29, 1.82) is 0 Å². The largest absolute Gasteiger partial charge is 0.396 e. The first-order valence-corrected chi connectivity index (χ1v) is 7.19.